The largest absolute Gasteiger partial charge is 0.478 e. The molecule has 0 unspecified atom stereocenters. The Balaban J connectivity index is 2.99. The first-order chi connectivity index (χ1) is 8.74. The van der Waals surface area contributed by atoms with Gasteiger partial charge in [0.15, 0.2) is 0 Å². The molecule has 0 spiro atoms. The van der Waals surface area contributed by atoms with E-state index in [1.807, 2.05) is 0 Å². The Kier molecular flexibility index (Phi) is 5.00. The van der Waals surface area contributed by atoms with Gasteiger partial charge in [-0.1, -0.05) is 4.89 Å². The van der Waals surface area contributed by atoms with Gasteiger partial charge in [-0.3, -0.25) is 9.63 Å². The highest BCUT2D eigenvalue weighted by Gasteiger charge is 2.18. The Hall–Kier alpha value is -1.49. The van der Waals surface area contributed by atoms with Gasteiger partial charge >= 0.3 is 5.97 Å². The summed E-state index contributed by atoms with van der Waals surface area (Å²) in [5.74, 6) is -2.15. The number of carboxylic acid groups (broad SMARTS) is 1. The van der Waals surface area contributed by atoms with Gasteiger partial charge in [0.05, 0.1) is 10.5 Å². The number of nitrogens with one attached hydrogen (secondary N) is 1. The van der Waals surface area contributed by atoms with Crippen molar-refractivity contribution in [3.05, 3.63) is 28.2 Å². The molecule has 1 aromatic rings. The lowest BCUT2D eigenvalue weighted by Gasteiger charge is -2.07. The lowest BCUT2D eigenvalue weighted by Crippen LogP contribution is -2.29. The molecule has 0 aliphatic carbocycles. The van der Waals surface area contributed by atoms with E-state index in [-0.39, 0.29) is 14.9 Å². The number of halogens is 1. The molecule has 0 aliphatic rings. The van der Waals surface area contributed by atoms with E-state index in [0.29, 0.717) is 0 Å². The van der Waals surface area contributed by atoms with Crippen LogP contribution in [0.2, 0.25) is 0 Å². The molecule has 8 nitrogen and oxygen atoms in total. The van der Waals surface area contributed by atoms with Crippen LogP contribution >= 0.6 is 15.9 Å². The second kappa shape index (κ2) is 6.10. The van der Waals surface area contributed by atoms with E-state index in [4.69, 9.17) is 10.8 Å². The maximum absolute atomic E-state index is 11.7. The Bertz CT molecular complexity index is 615. The molecule has 0 saturated carbocycles. The average molecular weight is 353 g/mol. The van der Waals surface area contributed by atoms with Crippen molar-refractivity contribution in [2.24, 2.45) is 5.73 Å². The quantitative estimate of drug-likeness (QED) is 0.608. The molecule has 0 atom stereocenters. The van der Waals surface area contributed by atoms with Crippen LogP contribution in [-0.2, 0) is 19.7 Å². The first kappa shape index (κ1) is 15.6. The third-order valence-electron chi connectivity index (χ3n) is 1.86. The Morgan fingerprint density at radius 2 is 2.05 bits per heavy atom. The standard InChI is InChI=1S/C9H9BrN2O6S/c10-7-2-1-5(3-6(7)9(14)15)19(16,17)12-18-4-8(11)13/h1-3,12H,4H2,(H2,11,13)(H,14,15). The van der Waals surface area contributed by atoms with Crippen LogP contribution in [0.4, 0.5) is 0 Å². The van der Waals surface area contributed by atoms with Crippen molar-refractivity contribution in [3.8, 4) is 0 Å². The number of hydrogen-bond acceptors (Lipinski definition) is 5. The minimum absolute atomic E-state index is 0.224. The monoisotopic (exact) mass is 352 g/mol. The number of nitrogens with two attached hydrogens (primary N) is 1. The number of carbonyl (C=O) groups excluding carboxylic acids is 1. The number of sulfonamides is 1. The summed E-state index contributed by atoms with van der Waals surface area (Å²) in [6.45, 7) is -0.637. The topological polar surface area (TPSA) is 136 Å². The van der Waals surface area contributed by atoms with Gasteiger partial charge in [0, 0.05) is 4.47 Å². The Morgan fingerprint density at radius 3 is 2.58 bits per heavy atom. The number of carbonyl (C=O) groups is 2. The van der Waals surface area contributed by atoms with E-state index < -0.39 is 28.5 Å². The molecule has 104 valence electrons. The Morgan fingerprint density at radius 1 is 1.42 bits per heavy atom. The lowest BCUT2D eigenvalue weighted by atomic mass is 10.2. The van der Waals surface area contributed by atoms with Crippen molar-refractivity contribution in [2.45, 2.75) is 4.90 Å². The fraction of sp³-hybridized carbons (Fsp3) is 0.111. The smallest absolute Gasteiger partial charge is 0.336 e. The predicted molar refractivity (Wildman–Crippen MR) is 66.6 cm³/mol. The zero-order chi connectivity index (χ0) is 14.6. The predicted octanol–water partition coefficient (Wildman–Crippen LogP) is -0.157. The maximum Gasteiger partial charge on any atom is 0.336 e. The van der Waals surface area contributed by atoms with Crippen LogP contribution in [0.3, 0.4) is 0 Å². The molecule has 0 bridgehead atoms. The van der Waals surface area contributed by atoms with Crippen molar-refractivity contribution in [1.82, 2.24) is 4.89 Å². The second-order valence-corrected chi connectivity index (χ2v) is 5.79. The third-order valence-corrected chi connectivity index (χ3v) is 3.76. The van der Waals surface area contributed by atoms with Crippen molar-refractivity contribution in [1.29, 1.82) is 0 Å². The van der Waals surface area contributed by atoms with Gasteiger partial charge in [-0.25, -0.2) is 13.2 Å². The summed E-state index contributed by atoms with van der Waals surface area (Å²) >= 11 is 2.98. The molecule has 0 heterocycles. The van der Waals surface area contributed by atoms with E-state index in [0.717, 1.165) is 6.07 Å². The number of primary amides is 1. The normalized spacial score (nSPS) is 11.2. The van der Waals surface area contributed by atoms with Crippen LogP contribution in [-0.4, -0.2) is 32.0 Å². The van der Waals surface area contributed by atoms with Crippen LogP contribution in [0.1, 0.15) is 10.4 Å². The number of carboxylic acids is 1. The Labute approximate surface area is 116 Å². The minimum Gasteiger partial charge on any atom is -0.478 e. The van der Waals surface area contributed by atoms with E-state index in [9.17, 15) is 18.0 Å². The maximum atomic E-state index is 11.7. The molecule has 19 heavy (non-hydrogen) atoms. The average Bonchev–Trinajstić information content (AvgIpc) is 2.27. The molecule has 1 aromatic carbocycles. The fourth-order valence-electron chi connectivity index (χ4n) is 1.06. The highest BCUT2D eigenvalue weighted by atomic mass is 79.9. The van der Waals surface area contributed by atoms with Crippen LogP contribution in [0.5, 0.6) is 0 Å². The summed E-state index contributed by atoms with van der Waals surface area (Å²) in [5, 5.41) is 8.87. The molecule has 0 saturated heterocycles. The molecular formula is C9H9BrN2O6S. The third kappa shape index (κ3) is 4.28. The molecule has 0 radical (unpaired) electrons. The summed E-state index contributed by atoms with van der Waals surface area (Å²) in [6, 6.07) is 3.39. The molecule has 0 aliphatic heterocycles. The van der Waals surface area contributed by atoms with Crippen molar-refractivity contribution >= 4 is 37.8 Å². The molecule has 1 amide bonds. The summed E-state index contributed by atoms with van der Waals surface area (Å²) < 4.78 is 23.6. The number of amides is 1. The van der Waals surface area contributed by atoms with Crippen molar-refractivity contribution in [3.63, 3.8) is 0 Å². The van der Waals surface area contributed by atoms with Gasteiger partial charge in [0.25, 0.3) is 10.0 Å². The first-order valence-electron chi connectivity index (χ1n) is 4.69. The number of aromatic carboxylic acids is 1. The highest BCUT2D eigenvalue weighted by molar-refractivity contribution is 9.10. The van der Waals surface area contributed by atoms with Gasteiger partial charge in [0.1, 0.15) is 6.61 Å². The minimum atomic E-state index is -4.09. The number of hydrogen-bond donors (Lipinski definition) is 3. The van der Waals surface area contributed by atoms with Crippen LogP contribution in [0.15, 0.2) is 27.6 Å². The van der Waals surface area contributed by atoms with Crippen molar-refractivity contribution in [2.75, 3.05) is 6.61 Å². The van der Waals surface area contributed by atoms with Gasteiger partial charge in [-0.15, -0.1) is 0 Å². The number of rotatable bonds is 6. The van der Waals surface area contributed by atoms with Crippen molar-refractivity contribution < 1.29 is 28.0 Å². The van der Waals surface area contributed by atoms with Crippen LogP contribution in [0, 0.1) is 0 Å². The van der Waals surface area contributed by atoms with Crippen LogP contribution < -0.4 is 10.6 Å². The summed E-state index contributed by atoms with van der Waals surface area (Å²) in [5.41, 5.74) is 4.54. The van der Waals surface area contributed by atoms with Crippen LogP contribution in [0.25, 0.3) is 0 Å². The molecule has 0 aromatic heterocycles. The van der Waals surface area contributed by atoms with Gasteiger partial charge in [-0.2, -0.15) is 0 Å². The lowest BCUT2D eigenvalue weighted by molar-refractivity contribution is -0.123. The van der Waals surface area contributed by atoms with E-state index in [2.05, 4.69) is 20.8 Å². The van der Waals surface area contributed by atoms with Gasteiger partial charge in [0.2, 0.25) is 5.91 Å². The summed E-state index contributed by atoms with van der Waals surface area (Å²) in [4.78, 5) is 27.0. The molecule has 4 N–H and O–H groups in total. The zero-order valence-electron chi connectivity index (χ0n) is 9.29. The molecule has 0 fully saturated rings. The SMILES string of the molecule is NC(=O)CONS(=O)(=O)c1ccc(Br)c(C(=O)O)c1. The molecule has 10 heteroatoms. The summed E-state index contributed by atoms with van der Waals surface area (Å²) in [7, 11) is -4.09. The van der Waals surface area contributed by atoms with E-state index >= 15 is 0 Å². The summed E-state index contributed by atoms with van der Waals surface area (Å²) in [6.07, 6.45) is 0. The van der Waals surface area contributed by atoms with E-state index in [1.54, 1.807) is 4.89 Å². The van der Waals surface area contributed by atoms with Gasteiger partial charge in [-0.05, 0) is 34.1 Å². The second-order valence-electron chi connectivity index (χ2n) is 3.29. The zero-order valence-corrected chi connectivity index (χ0v) is 11.7. The van der Waals surface area contributed by atoms with E-state index in [1.165, 1.54) is 12.1 Å². The van der Waals surface area contributed by atoms with Gasteiger partial charge < -0.3 is 10.8 Å². The number of benzene rings is 1. The molecular weight excluding hydrogens is 344 g/mol. The highest BCUT2D eigenvalue weighted by Crippen LogP contribution is 2.20. The molecule has 1 rings (SSSR count). The fourth-order valence-corrected chi connectivity index (χ4v) is 2.31. The first-order valence-corrected chi connectivity index (χ1v) is 6.96.